The van der Waals surface area contributed by atoms with Gasteiger partial charge in [-0.2, -0.15) is 0 Å². The average Bonchev–Trinajstić information content (AvgIpc) is 2.89. The summed E-state index contributed by atoms with van der Waals surface area (Å²) in [5.74, 6) is 1.56. The first-order chi connectivity index (χ1) is 8.11. The fourth-order valence-corrected chi connectivity index (χ4v) is 2.79. The summed E-state index contributed by atoms with van der Waals surface area (Å²) in [6.07, 6.45) is 1.12. The molecule has 0 spiro atoms. The van der Waals surface area contributed by atoms with E-state index < -0.39 is 0 Å². The van der Waals surface area contributed by atoms with E-state index in [1.54, 1.807) is 6.07 Å². The van der Waals surface area contributed by atoms with E-state index in [1.165, 1.54) is 6.07 Å². The van der Waals surface area contributed by atoms with Crippen molar-refractivity contribution in [2.24, 2.45) is 5.92 Å². The summed E-state index contributed by atoms with van der Waals surface area (Å²) < 4.78 is 16.1. The van der Waals surface area contributed by atoms with Gasteiger partial charge in [0.2, 0.25) is 0 Å². The molecule has 0 N–H and O–H groups in total. The lowest BCUT2D eigenvalue weighted by Gasteiger charge is -2.06. The molecular formula is C12H11BrClFN2. The Kier molecular flexibility index (Phi) is 2.67. The lowest BCUT2D eigenvalue weighted by molar-refractivity contribution is 0.619. The van der Waals surface area contributed by atoms with Crippen molar-refractivity contribution < 1.29 is 4.39 Å². The second-order valence-electron chi connectivity index (χ2n) is 4.57. The molecule has 1 saturated carbocycles. The number of nitrogens with zero attached hydrogens (tertiary/aromatic N) is 2. The van der Waals surface area contributed by atoms with Crippen LogP contribution in [0.25, 0.3) is 11.0 Å². The normalized spacial score (nSPS) is 23.3. The Labute approximate surface area is 112 Å². The van der Waals surface area contributed by atoms with Crippen LogP contribution in [0.3, 0.4) is 0 Å². The zero-order valence-corrected chi connectivity index (χ0v) is 11.6. The number of rotatable bonds is 2. The molecule has 5 heteroatoms. The van der Waals surface area contributed by atoms with E-state index in [9.17, 15) is 4.39 Å². The van der Waals surface area contributed by atoms with Crippen molar-refractivity contribution >= 4 is 38.6 Å². The number of imidazole rings is 1. The van der Waals surface area contributed by atoms with Gasteiger partial charge < -0.3 is 4.57 Å². The minimum absolute atomic E-state index is 0.256. The van der Waals surface area contributed by atoms with Crippen molar-refractivity contribution in [2.45, 2.75) is 25.3 Å². The highest BCUT2D eigenvalue weighted by Crippen LogP contribution is 2.45. The molecule has 0 saturated heterocycles. The average molecular weight is 318 g/mol. The molecule has 1 fully saturated rings. The van der Waals surface area contributed by atoms with Gasteiger partial charge in [0.1, 0.15) is 11.6 Å². The molecule has 1 aliphatic rings. The van der Waals surface area contributed by atoms with Gasteiger partial charge in [-0.3, -0.25) is 0 Å². The van der Waals surface area contributed by atoms with Gasteiger partial charge in [-0.1, -0.05) is 6.92 Å². The van der Waals surface area contributed by atoms with Crippen LogP contribution in [0.1, 0.15) is 25.2 Å². The molecule has 1 heterocycles. The topological polar surface area (TPSA) is 17.8 Å². The van der Waals surface area contributed by atoms with E-state index >= 15 is 0 Å². The molecule has 2 nitrogen and oxygen atoms in total. The number of fused-ring (bicyclic) bond motifs is 1. The lowest BCUT2D eigenvalue weighted by Crippen LogP contribution is -2.00. The van der Waals surface area contributed by atoms with Crippen LogP contribution in [-0.4, -0.2) is 9.55 Å². The van der Waals surface area contributed by atoms with E-state index in [1.807, 2.05) is 0 Å². The molecular weight excluding hydrogens is 307 g/mol. The Bertz CT molecular complexity index is 596. The molecule has 1 aliphatic carbocycles. The van der Waals surface area contributed by atoms with Crippen LogP contribution in [0.2, 0.25) is 0 Å². The number of halogens is 3. The van der Waals surface area contributed by atoms with Gasteiger partial charge in [-0.15, -0.1) is 11.6 Å². The Morgan fingerprint density at radius 2 is 2.29 bits per heavy atom. The lowest BCUT2D eigenvalue weighted by atomic mass is 10.3. The highest BCUT2D eigenvalue weighted by Gasteiger charge is 2.36. The fourth-order valence-electron chi connectivity index (χ4n) is 2.27. The summed E-state index contributed by atoms with van der Waals surface area (Å²) >= 11 is 9.09. The largest absolute Gasteiger partial charge is 0.323 e. The summed E-state index contributed by atoms with van der Waals surface area (Å²) in [6.45, 7) is 2.18. The Morgan fingerprint density at radius 1 is 1.59 bits per heavy atom. The summed E-state index contributed by atoms with van der Waals surface area (Å²) in [6, 6.07) is 3.67. The smallest absolute Gasteiger partial charge is 0.139 e. The van der Waals surface area contributed by atoms with E-state index in [4.69, 9.17) is 11.6 Å². The van der Waals surface area contributed by atoms with Gasteiger partial charge >= 0.3 is 0 Å². The predicted octanol–water partition coefficient (Wildman–Crippen LogP) is 4.26. The third kappa shape index (κ3) is 1.78. The van der Waals surface area contributed by atoms with E-state index in [2.05, 4.69) is 32.4 Å². The molecule has 0 bridgehead atoms. The molecule has 1 aromatic heterocycles. The van der Waals surface area contributed by atoms with E-state index in [0.29, 0.717) is 22.3 Å². The summed E-state index contributed by atoms with van der Waals surface area (Å²) in [4.78, 5) is 4.46. The Hall–Kier alpha value is -0.610. The maximum atomic E-state index is 13.6. The first-order valence-electron chi connectivity index (χ1n) is 5.53. The number of hydrogen-bond donors (Lipinski definition) is 0. The molecule has 2 unspecified atom stereocenters. The van der Waals surface area contributed by atoms with Crippen LogP contribution in [0.15, 0.2) is 16.6 Å². The number of alkyl halides is 1. The zero-order chi connectivity index (χ0) is 12.2. The third-order valence-corrected chi connectivity index (χ3v) is 4.17. The maximum Gasteiger partial charge on any atom is 0.139 e. The standard InChI is InChI=1S/C12H11BrClFN2/c1-6-2-10(6)17-11-4-8(15)7(13)3-9(11)16-12(17)5-14/h3-4,6,10H,2,5H2,1H3. The van der Waals surface area contributed by atoms with Crippen LogP contribution in [-0.2, 0) is 5.88 Å². The predicted molar refractivity (Wildman–Crippen MR) is 69.8 cm³/mol. The van der Waals surface area contributed by atoms with Gasteiger partial charge in [-0.25, -0.2) is 9.37 Å². The zero-order valence-electron chi connectivity index (χ0n) is 9.25. The molecule has 17 heavy (non-hydrogen) atoms. The second-order valence-corrected chi connectivity index (χ2v) is 5.69. The first-order valence-corrected chi connectivity index (χ1v) is 6.86. The van der Waals surface area contributed by atoms with Gasteiger partial charge in [0.05, 0.1) is 21.4 Å². The van der Waals surface area contributed by atoms with Crippen LogP contribution in [0.5, 0.6) is 0 Å². The van der Waals surface area contributed by atoms with Crippen molar-refractivity contribution in [3.05, 3.63) is 28.2 Å². The molecule has 3 rings (SSSR count). The third-order valence-electron chi connectivity index (χ3n) is 3.32. The second kappa shape index (κ2) is 3.95. The van der Waals surface area contributed by atoms with E-state index in [-0.39, 0.29) is 5.82 Å². The number of benzene rings is 1. The van der Waals surface area contributed by atoms with Crippen molar-refractivity contribution in [1.82, 2.24) is 9.55 Å². The summed E-state index contributed by atoms with van der Waals surface area (Å²) in [5, 5.41) is 0. The highest BCUT2D eigenvalue weighted by molar-refractivity contribution is 9.10. The molecule has 0 radical (unpaired) electrons. The summed E-state index contributed by atoms with van der Waals surface area (Å²) in [5.41, 5.74) is 1.64. The van der Waals surface area contributed by atoms with Gasteiger partial charge in [0.15, 0.2) is 0 Å². The monoisotopic (exact) mass is 316 g/mol. The molecule has 2 aromatic rings. The maximum absolute atomic E-state index is 13.6. The quantitative estimate of drug-likeness (QED) is 0.757. The van der Waals surface area contributed by atoms with Crippen LogP contribution >= 0.6 is 27.5 Å². The van der Waals surface area contributed by atoms with Crippen molar-refractivity contribution in [2.75, 3.05) is 0 Å². The minimum Gasteiger partial charge on any atom is -0.323 e. The molecule has 1 aromatic carbocycles. The van der Waals surface area contributed by atoms with E-state index in [0.717, 1.165) is 23.3 Å². The van der Waals surface area contributed by atoms with Crippen LogP contribution in [0.4, 0.5) is 4.39 Å². The fraction of sp³-hybridized carbons (Fsp3) is 0.417. The minimum atomic E-state index is -0.256. The van der Waals surface area contributed by atoms with Crippen LogP contribution in [0, 0.1) is 11.7 Å². The molecule has 0 aliphatic heterocycles. The molecule has 0 amide bonds. The number of aromatic nitrogens is 2. The van der Waals surface area contributed by atoms with Gasteiger partial charge in [0.25, 0.3) is 0 Å². The van der Waals surface area contributed by atoms with Crippen molar-refractivity contribution in [3.8, 4) is 0 Å². The highest BCUT2D eigenvalue weighted by atomic mass is 79.9. The molecule has 90 valence electrons. The SMILES string of the molecule is CC1CC1n1c(CCl)nc2cc(Br)c(F)cc21. The van der Waals surface area contributed by atoms with Crippen LogP contribution < -0.4 is 0 Å². The van der Waals surface area contributed by atoms with Gasteiger partial charge in [-0.05, 0) is 34.3 Å². The number of hydrogen-bond acceptors (Lipinski definition) is 1. The Morgan fingerprint density at radius 3 is 2.88 bits per heavy atom. The molecule has 2 atom stereocenters. The first kappa shape index (κ1) is 11.5. The summed E-state index contributed by atoms with van der Waals surface area (Å²) in [7, 11) is 0. The van der Waals surface area contributed by atoms with Crippen molar-refractivity contribution in [1.29, 1.82) is 0 Å². The Balaban J connectivity index is 2.26. The van der Waals surface area contributed by atoms with Crippen molar-refractivity contribution in [3.63, 3.8) is 0 Å². The van der Waals surface area contributed by atoms with Gasteiger partial charge in [0, 0.05) is 12.1 Å².